The van der Waals surface area contributed by atoms with Crippen molar-refractivity contribution in [2.45, 2.75) is 36.5 Å². The van der Waals surface area contributed by atoms with Crippen LogP contribution >= 0.6 is 0 Å². The number of carbonyl (C=O) groups excluding carboxylic acids is 1. The van der Waals surface area contributed by atoms with Crippen molar-refractivity contribution >= 4 is 6.16 Å². The topological polar surface area (TPSA) is 35.5 Å². The van der Waals surface area contributed by atoms with Gasteiger partial charge in [-0.25, -0.2) is 13.6 Å². The maximum absolute atomic E-state index is 12.6. The number of carbonyl (C=O) groups is 1. The fourth-order valence-electron chi connectivity index (χ4n) is 0.977. The number of hydrogen-bond donors (Lipinski definition) is 0. The second kappa shape index (κ2) is 7.13. The molecule has 0 bridgehead atoms. The lowest BCUT2D eigenvalue weighted by Gasteiger charge is -2.23. The molecule has 0 aliphatic rings. The minimum absolute atomic E-state index is 2.59. The third-order valence-corrected chi connectivity index (χ3v) is 2.08. The third-order valence-electron chi connectivity index (χ3n) is 2.08. The molecule has 0 aromatic carbocycles. The molecule has 2 atom stereocenters. The summed E-state index contributed by atoms with van der Waals surface area (Å²) in [5.41, 5.74) is 0. The molecule has 0 heterocycles. The van der Waals surface area contributed by atoms with Crippen molar-refractivity contribution in [2.75, 3.05) is 13.2 Å². The van der Waals surface area contributed by atoms with E-state index in [-0.39, 0.29) is 0 Å². The van der Waals surface area contributed by atoms with Gasteiger partial charge >= 0.3 is 30.4 Å². The Labute approximate surface area is 124 Å². The zero-order valence-corrected chi connectivity index (χ0v) is 10.8. The van der Waals surface area contributed by atoms with Gasteiger partial charge in [-0.15, -0.1) is 0 Å². The molecule has 0 saturated heterocycles. The highest BCUT2D eigenvalue weighted by Crippen LogP contribution is 2.36. The lowest BCUT2D eigenvalue weighted by atomic mass is 10.2. The van der Waals surface area contributed by atoms with Gasteiger partial charge in [0.25, 0.3) is 12.3 Å². The lowest BCUT2D eigenvalue weighted by Crippen LogP contribution is -2.46. The van der Waals surface area contributed by atoms with Gasteiger partial charge in [0.1, 0.15) is 0 Å². The van der Waals surface area contributed by atoms with Gasteiger partial charge in [0.05, 0.1) is 0 Å². The summed E-state index contributed by atoms with van der Waals surface area (Å²) in [6.45, 7) is -5.23. The van der Waals surface area contributed by atoms with Crippen LogP contribution in [0.15, 0.2) is 0 Å². The number of ether oxygens (including phenoxy) is 2. The van der Waals surface area contributed by atoms with Crippen molar-refractivity contribution in [1.82, 2.24) is 0 Å². The molecule has 24 heavy (non-hydrogen) atoms. The molecule has 0 aromatic heterocycles. The molecule has 0 rings (SSSR count). The van der Waals surface area contributed by atoms with Crippen molar-refractivity contribution in [3.8, 4) is 0 Å². The minimum atomic E-state index is -6.04. The quantitative estimate of drug-likeness (QED) is 0.504. The molecule has 0 radical (unpaired) electrons. The van der Waals surface area contributed by atoms with Crippen LogP contribution in [0, 0.1) is 0 Å². The molecule has 0 saturated carbocycles. The van der Waals surface area contributed by atoms with Crippen molar-refractivity contribution < 1.29 is 67.0 Å². The van der Waals surface area contributed by atoms with Crippen LogP contribution in [0.1, 0.15) is 0 Å². The Morgan fingerprint density at radius 1 is 0.667 bits per heavy atom. The maximum atomic E-state index is 12.6. The Balaban J connectivity index is 4.57. The second-order valence-corrected chi connectivity index (χ2v) is 4.16. The van der Waals surface area contributed by atoms with Crippen molar-refractivity contribution in [3.63, 3.8) is 0 Å². The van der Waals surface area contributed by atoms with Gasteiger partial charge < -0.3 is 9.47 Å². The predicted octanol–water partition coefficient (Wildman–Crippen LogP) is 4.21. The normalized spacial score (nSPS) is 16.5. The lowest BCUT2D eigenvalue weighted by molar-refractivity contribution is -0.257. The molecule has 0 fully saturated rings. The summed E-state index contributed by atoms with van der Waals surface area (Å²) >= 11 is 0. The summed E-state index contributed by atoms with van der Waals surface area (Å²) < 4.78 is 152. The molecular weight excluding hydrogens is 384 g/mol. The highest BCUT2D eigenvalue weighted by molar-refractivity contribution is 5.59. The molecular formula is C9H6F12O3. The first-order chi connectivity index (χ1) is 10.4. The number of hydrogen-bond acceptors (Lipinski definition) is 3. The van der Waals surface area contributed by atoms with Crippen molar-refractivity contribution in [1.29, 1.82) is 0 Å². The summed E-state index contributed by atoms with van der Waals surface area (Å²) in [5, 5.41) is 0. The molecule has 0 spiro atoms. The summed E-state index contributed by atoms with van der Waals surface area (Å²) in [6.07, 6.45) is -24.2. The summed E-state index contributed by atoms with van der Waals surface area (Å²) in [7, 11) is 0. The van der Waals surface area contributed by atoms with Crippen molar-refractivity contribution in [2.24, 2.45) is 0 Å². The van der Waals surface area contributed by atoms with Gasteiger partial charge in [0, 0.05) is 0 Å². The standard InChI is InChI=1S/C9H6F12O3/c10-3(8(16,17)18)6(12,13)1-23-5(22)24-2-7(14,15)4(11)9(19,20)21/h3-4H,1-2H2/t3-,4+. The van der Waals surface area contributed by atoms with E-state index in [0.717, 1.165) is 0 Å². The molecule has 0 aromatic rings. The second-order valence-electron chi connectivity index (χ2n) is 4.16. The Morgan fingerprint density at radius 2 is 0.917 bits per heavy atom. The van der Waals surface area contributed by atoms with Crippen LogP contribution in [-0.2, 0) is 9.47 Å². The zero-order chi connectivity index (χ0) is 19.6. The Bertz CT molecular complexity index is 390. The molecule has 0 aliphatic carbocycles. The first-order valence-electron chi connectivity index (χ1n) is 5.38. The third kappa shape index (κ3) is 6.51. The van der Waals surface area contributed by atoms with Gasteiger partial charge in [-0.2, -0.15) is 43.9 Å². The van der Waals surface area contributed by atoms with Crippen LogP contribution in [0.3, 0.4) is 0 Å². The van der Waals surface area contributed by atoms with E-state index in [1.54, 1.807) is 0 Å². The first-order valence-corrected chi connectivity index (χ1v) is 5.38. The van der Waals surface area contributed by atoms with Crippen LogP contribution < -0.4 is 0 Å². The fourth-order valence-corrected chi connectivity index (χ4v) is 0.977. The van der Waals surface area contributed by atoms with Gasteiger partial charge in [0.2, 0.25) is 0 Å². The van der Waals surface area contributed by atoms with Gasteiger partial charge in [0.15, 0.2) is 13.2 Å². The minimum Gasteiger partial charge on any atom is -0.428 e. The van der Waals surface area contributed by atoms with E-state index >= 15 is 0 Å². The molecule has 0 N–H and O–H groups in total. The van der Waals surface area contributed by atoms with E-state index < -0.39 is 55.9 Å². The van der Waals surface area contributed by atoms with Crippen LogP contribution in [-0.4, -0.2) is 55.9 Å². The summed E-state index contributed by atoms with van der Waals surface area (Å²) in [4.78, 5) is 10.6. The van der Waals surface area contributed by atoms with E-state index in [2.05, 4.69) is 9.47 Å². The predicted molar refractivity (Wildman–Crippen MR) is 49.1 cm³/mol. The van der Waals surface area contributed by atoms with E-state index in [4.69, 9.17) is 0 Å². The highest BCUT2D eigenvalue weighted by Gasteiger charge is 2.59. The Hall–Kier alpha value is -1.57. The average Bonchev–Trinajstić information content (AvgIpc) is 2.39. The molecule has 0 unspecified atom stereocenters. The average molecular weight is 390 g/mol. The van der Waals surface area contributed by atoms with E-state index in [0.29, 0.717) is 0 Å². The summed E-state index contributed by atoms with van der Waals surface area (Å²) in [6, 6.07) is 0. The van der Waals surface area contributed by atoms with Crippen LogP contribution in [0.2, 0.25) is 0 Å². The van der Waals surface area contributed by atoms with Crippen LogP contribution in [0.4, 0.5) is 57.5 Å². The van der Waals surface area contributed by atoms with Crippen LogP contribution in [0.5, 0.6) is 0 Å². The fraction of sp³-hybridized carbons (Fsp3) is 0.889. The monoisotopic (exact) mass is 390 g/mol. The SMILES string of the molecule is O=C(OCC(F)(F)[C@H](F)C(F)(F)F)OCC(F)(F)[C@@H](F)C(F)(F)F. The number of alkyl halides is 12. The molecule has 144 valence electrons. The van der Waals surface area contributed by atoms with E-state index in [1.807, 2.05) is 0 Å². The first kappa shape index (κ1) is 22.4. The maximum Gasteiger partial charge on any atom is 0.508 e. The Morgan fingerprint density at radius 3 is 1.12 bits per heavy atom. The van der Waals surface area contributed by atoms with E-state index in [1.165, 1.54) is 0 Å². The number of halogens is 12. The molecule has 0 aliphatic heterocycles. The molecule has 0 amide bonds. The summed E-state index contributed by atoms with van der Waals surface area (Å²) in [5.74, 6) is -10.7. The molecule has 15 heteroatoms. The van der Waals surface area contributed by atoms with Gasteiger partial charge in [-0.05, 0) is 0 Å². The number of rotatable bonds is 6. The van der Waals surface area contributed by atoms with Crippen molar-refractivity contribution in [3.05, 3.63) is 0 Å². The smallest absolute Gasteiger partial charge is 0.428 e. The Kier molecular flexibility index (Phi) is 6.66. The molecule has 3 nitrogen and oxygen atoms in total. The van der Waals surface area contributed by atoms with Gasteiger partial charge in [-0.3, -0.25) is 0 Å². The zero-order valence-electron chi connectivity index (χ0n) is 10.8. The largest absolute Gasteiger partial charge is 0.508 e. The van der Waals surface area contributed by atoms with Crippen LogP contribution in [0.25, 0.3) is 0 Å². The van der Waals surface area contributed by atoms with E-state index in [9.17, 15) is 57.5 Å². The van der Waals surface area contributed by atoms with Gasteiger partial charge in [-0.1, -0.05) is 0 Å². The highest BCUT2D eigenvalue weighted by atomic mass is 19.4.